The van der Waals surface area contributed by atoms with E-state index in [1.165, 1.54) is 84.7 Å². The van der Waals surface area contributed by atoms with Crippen molar-refractivity contribution in [1.29, 1.82) is 0 Å². The number of thiophene rings is 2. The third-order valence-corrected chi connectivity index (χ3v) is 12.1. The lowest BCUT2D eigenvalue weighted by Crippen LogP contribution is -2.10. The highest BCUT2D eigenvalue weighted by atomic mass is 32.1. The van der Waals surface area contributed by atoms with E-state index in [9.17, 15) is 0 Å². The highest BCUT2D eigenvalue weighted by Gasteiger charge is 2.21. The molecule has 8 aromatic carbocycles. The molecule has 1 nitrogen and oxygen atoms in total. The van der Waals surface area contributed by atoms with Crippen molar-refractivity contribution in [3.63, 3.8) is 0 Å². The Kier molecular flexibility index (Phi) is 6.61. The molecule has 230 valence electrons. The smallest absolute Gasteiger partial charge is 0.0640 e. The van der Waals surface area contributed by atoms with Crippen LogP contribution in [-0.4, -0.2) is 0 Å². The van der Waals surface area contributed by atoms with E-state index in [0.29, 0.717) is 0 Å². The van der Waals surface area contributed by atoms with Gasteiger partial charge in [-0.3, -0.25) is 0 Å². The quantitative estimate of drug-likeness (QED) is 0.178. The Morgan fingerprint density at radius 1 is 0.347 bits per heavy atom. The topological polar surface area (TPSA) is 3.24 Å². The van der Waals surface area contributed by atoms with E-state index in [2.05, 4.69) is 181 Å². The van der Waals surface area contributed by atoms with Gasteiger partial charge in [0.05, 0.1) is 20.8 Å². The molecular formula is C46H29NS2. The summed E-state index contributed by atoms with van der Waals surface area (Å²) in [6, 6.07) is 64.4. The molecule has 2 aromatic heterocycles. The van der Waals surface area contributed by atoms with Crippen LogP contribution >= 0.6 is 22.7 Å². The molecule has 0 saturated heterocycles. The van der Waals surface area contributed by atoms with Crippen LogP contribution in [0.4, 0.5) is 17.1 Å². The molecule has 0 aliphatic heterocycles. The third kappa shape index (κ3) is 4.66. The second kappa shape index (κ2) is 11.5. The molecule has 10 rings (SSSR count). The van der Waals surface area contributed by atoms with Gasteiger partial charge < -0.3 is 4.90 Å². The minimum absolute atomic E-state index is 1.14. The van der Waals surface area contributed by atoms with Gasteiger partial charge in [0.15, 0.2) is 0 Å². The molecule has 0 bridgehead atoms. The molecule has 10 aromatic rings. The van der Waals surface area contributed by atoms with Gasteiger partial charge in [0.2, 0.25) is 0 Å². The summed E-state index contributed by atoms with van der Waals surface area (Å²) in [6.07, 6.45) is 0. The predicted octanol–water partition coefficient (Wildman–Crippen LogP) is 14.4. The summed E-state index contributed by atoms with van der Waals surface area (Å²) in [5, 5.41) is 7.71. The van der Waals surface area contributed by atoms with Gasteiger partial charge in [-0.1, -0.05) is 127 Å². The standard InChI is InChI=1S/C46H29NS2/c1-2-12-30(13-3-1)39-28-32-14-4-5-15-33(32)29-40(39)31-24-26-34(27-25-31)47(41-20-10-18-37-35-16-6-8-22-43(35)48-45(37)41)42-21-11-19-38-36-17-7-9-23-44(36)49-46(38)42/h1-29H. The normalized spacial score (nSPS) is 11.7. The molecule has 49 heavy (non-hydrogen) atoms. The van der Waals surface area contributed by atoms with Crippen LogP contribution in [0, 0.1) is 0 Å². The first-order valence-electron chi connectivity index (χ1n) is 16.6. The molecule has 0 N–H and O–H groups in total. The molecule has 2 heterocycles. The van der Waals surface area contributed by atoms with Crippen LogP contribution in [0.3, 0.4) is 0 Å². The van der Waals surface area contributed by atoms with Crippen LogP contribution in [0.1, 0.15) is 0 Å². The zero-order valence-corrected chi connectivity index (χ0v) is 28.1. The average molecular weight is 660 g/mol. The van der Waals surface area contributed by atoms with Crippen LogP contribution in [-0.2, 0) is 0 Å². The molecule has 0 amide bonds. The molecule has 0 aliphatic rings. The molecule has 0 fully saturated rings. The molecule has 3 heteroatoms. The van der Waals surface area contributed by atoms with Crippen LogP contribution in [0.2, 0.25) is 0 Å². The van der Waals surface area contributed by atoms with Crippen molar-refractivity contribution in [3.8, 4) is 22.3 Å². The summed E-state index contributed by atoms with van der Waals surface area (Å²) in [7, 11) is 0. The van der Waals surface area contributed by atoms with Gasteiger partial charge in [-0.25, -0.2) is 0 Å². The Bertz CT molecular complexity index is 2710. The second-order valence-corrected chi connectivity index (χ2v) is 14.6. The maximum atomic E-state index is 2.48. The molecular weight excluding hydrogens is 631 g/mol. The van der Waals surface area contributed by atoms with Gasteiger partial charge >= 0.3 is 0 Å². The molecule has 0 spiro atoms. The van der Waals surface area contributed by atoms with Crippen LogP contribution < -0.4 is 4.90 Å². The largest absolute Gasteiger partial charge is 0.308 e. The lowest BCUT2D eigenvalue weighted by Gasteiger charge is -2.27. The van der Waals surface area contributed by atoms with Gasteiger partial charge in [-0.05, 0) is 81.6 Å². The summed E-state index contributed by atoms with van der Waals surface area (Å²) in [5.74, 6) is 0. The molecule has 0 atom stereocenters. The maximum Gasteiger partial charge on any atom is 0.0640 e. The van der Waals surface area contributed by atoms with Crippen molar-refractivity contribution in [3.05, 3.63) is 176 Å². The van der Waals surface area contributed by atoms with E-state index < -0.39 is 0 Å². The van der Waals surface area contributed by atoms with Gasteiger partial charge in [0.1, 0.15) is 0 Å². The lowest BCUT2D eigenvalue weighted by atomic mass is 9.91. The van der Waals surface area contributed by atoms with Crippen molar-refractivity contribution in [2.45, 2.75) is 0 Å². The Morgan fingerprint density at radius 2 is 0.796 bits per heavy atom. The summed E-state index contributed by atoms with van der Waals surface area (Å²) in [4.78, 5) is 2.48. The average Bonchev–Trinajstić information content (AvgIpc) is 3.75. The zero-order chi connectivity index (χ0) is 32.3. The van der Waals surface area contributed by atoms with Gasteiger partial charge in [-0.15, -0.1) is 22.7 Å². The van der Waals surface area contributed by atoms with E-state index in [1.807, 2.05) is 22.7 Å². The van der Waals surface area contributed by atoms with Gasteiger partial charge in [0, 0.05) is 36.6 Å². The van der Waals surface area contributed by atoms with E-state index in [4.69, 9.17) is 0 Å². The highest BCUT2D eigenvalue weighted by molar-refractivity contribution is 7.27. The van der Waals surface area contributed by atoms with Crippen molar-refractivity contribution in [2.24, 2.45) is 0 Å². The van der Waals surface area contributed by atoms with Gasteiger partial charge in [-0.2, -0.15) is 0 Å². The summed E-state index contributed by atoms with van der Waals surface area (Å²) >= 11 is 3.76. The molecule has 0 aliphatic carbocycles. The van der Waals surface area contributed by atoms with Crippen LogP contribution in [0.15, 0.2) is 176 Å². The lowest BCUT2D eigenvalue weighted by molar-refractivity contribution is 1.32. The summed E-state index contributed by atoms with van der Waals surface area (Å²) < 4.78 is 5.22. The minimum atomic E-state index is 1.14. The first-order chi connectivity index (χ1) is 24.3. The molecule has 0 saturated carbocycles. The first-order valence-corrected chi connectivity index (χ1v) is 18.2. The fraction of sp³-hybridized carbons (Fsp3) is 0. The van der Waals surface area contributed by atoms with Crippen molar-refractivity contribution in [1.82, 2.24) is 0 Å². The fourth-order valence-electron chi connectivity index (χ4n) is 7.35. The minimum Gasteiger partial charge on any atom is -0.308 e. The van der Waals surface area contributed by atoms with E-state index >= 15 is 0 Å². The summed E-state index contributed by atoms with van der Waals surface area (Å²) in [6.45, 7) is 0. The number of rotatable bonds is 5. The Hall–Kier alpha value is -5.74. The number of benzene rings is 8. The van der Waals surface area contributed by atoms with E-state index in [1.54, 1.807) is 0 Å². The van der Waals surface area contributed by atoms with Crippen LogP contribution in [0.25, 0.3) is 73.4 Å². The number of nitrogens with zero attached hydrogens (tertiary/aromatic N) is 1. The number of hydrogen-bond acceptors (Lipinski definition) is 3. The number of anilines is 3. The first kappa shape index (κ1) is 28.3. The number of hydrogen-bond donors (Lipinski definition) is 0. The number of fused-ring (bicyclic) bond motifs is 7. The van der Waals surface area contributed by atoms with Gasteiger partial charge in [0.25, 0.3) is 0 Å². The Morgan fingerprint density at radius 3 is 1.35 bits per heavy atom. The maximum absolute atomic E-state index is 2.48. The van der Waals surface area contributed by atoms with E-state index in [0.717, 1.165) is 5.69 Å². The third-order valence-electron chi connectivity index (χ3n) is 9.66. The fourth-order valence-corrected chi connectivity index (χ4v) is 9.76. The van der Waals surface area contributed by atoms with Crippen molar-refractivity contribution < 1.29 is 0 Å². The summed E-state index contributed by atoms with van der Waals surface area (Å²) in [5.41, 5.74) is 8.45. The molecule has 0 radical (unpaired) electrons. The van der Waals surface area contributed by atoms with Crippen LogP contribution in [0.5, 0.6) is 0 Å². The predicted molar refractivity (Wildman–Crippen MR) is 215 cm³/mol. The Labute approximate surface area is 292 Å². The highest BCUT2D eigenvalue weighted by Crippen LogP contribution is 2.49. The SMILES string of the molecule is c1ccc(-c2cc3ccccc3cc2-c2ccc(N(c3cccc4c3sc3ccccc34)c3cccc4c3sc3ccccc34)cc2)cc1. The molecule has 0 unspecified atom stereocenters. The monoisotopic (exact) mass is 659 g/mol. The van der Waals surface area contributed by atoms with Crippen molar-refractivity contribution >= 4 is 90.9 Å². The van der Waals surface area contributed by atoms with Crippen molar-refractivity contribution in [2.75, 3.05) is 4.90 Å². The van der Waals surface area contributed by atoms with E-state index in [-0.39, 0.29) is 0 Å². The second-order valence-electron chi connectivity index (χ2n) is 12.5. The Balaban J connectivity index is 1.20. The zero-order valence-electron chi connectivity index (χ0n) is 26.5.